The van der Waals surface area contributed by atoms with Gasteiger partial charge in [0.2, 0.25) is 0 Å². The highest BCUT2D eigenvalue weighted by Gasteiger charge is 2.11. The molecule has 0 unspecified atom stereocenters. The summed E-state index contributed by atoms with van der Waals surface area (Å²) in [5.41, 5.74) is 0.469. The van der Waals surface area contributed by atoms with Crippen LogP contribution in [0.4, 0.5) is 0 Å². The van der Waals surface area contributed by atoms with Crippen LogP contribution in [0.5, 0.6) is 11.5 Å². The second kappa shape index (κ2) is 9.19. The van der Waals surface area contributed by atoms with Gasteiger partial charge in [-0.15, -0.1) is 11.8 Å². The Labute approximate surface area is 134 Å². The Morgan fingerprint density at radius 3 is 2.64 bits per heavy atom. The summed E-state index contributed by atoms with van der Waals surface area (Å²) >= 11 is 1.26. The summed E-state index contributed by atoms with van der Waals surface area (Å²) < 4.78 is 10.8. The summed E-state index contributed by atoms with van der Waals surface area (Å²) in [6.45, 7) is 4.23. The third-order valence-electron chi connectivity index (χ3n) is 2.55. The molecule has 1 aromatic carbocycles. The highest BCUT2D eigenvalue weighted by atomic mass is 32.2. The lowest BCUT2D eigenvalue weighted by molar-refractivity contribution is -0.133. The van der Waals surface area contributed by atoms with E-state index in [1.807, 2.05) is 13.8 Å². The lowest BCUT2D eigenvalue weighted by Gasteiger charge is -2.14. The van der Waals surface area contributed by atoms with Crippen molar-refractivity contribution in [3.8, 4) is 11.5 Å². The molecular formula is C15H21NO5S. The number of nitrogens with one attached hydrogen (secondary N) is 1. The van der Waals surface area contributed by atoms with E-state index in [1.165, 1.54) is 18.9 Å². The SMILES string of the molecule is COc1cc(C(=O)NCCSCC(=O)O)ccc1OC(C)C. The maximum Gasteiger partial charge on any atom is 0.313 e. The molecule has 0 spiro atoms. The molecule has 0 aliphatic rings. The normalized spacial score (nSPS) is 10.4. The fourth-order valence-corrected chi connectivity index (χ4v) is 2.22. The number of carbonyl (C=O) groups excluding carboxylic acids is 1. The average Bonchev–Trinajstić information content (AvgIpc) is 2.46. The number of carbonyl (C=O) groups is 2. The van der Waals surface area contributed by atoms with Gasteiger partial charge in [-0.25, -0.2) is 0 Å². The van der Waals surface area contributed by atoms with Crippen LogP contribution in [-0.4, -0.2) is 48.2 Å². The van der Waals surface area contributed by atoms with E-state index >= 15 is 0 Å². The van der Waals surface area contributed by atoms with Crippen molar-refractivity contribution in [1.82, 2.24) is 5.32 Å². The molecular weight excluding hydrogens is 306 g/mol. The summed E-state index contributed by atoms with van der Waals surface area (Å²) in [5, 5.41) is 11.2. The molecule has 0 radical (unpaired) electrons. The Kier molecular flexibility index (Phi) is 7.59. The van der Waals surface area contributed by atoms with Gasteiger partial charge in [0, 0.05) is 17.9 Å². The summed E-state index contributed by atoms with van der Waals surface area (Å²) in [5.74, 6) is 0.578. The number of carboxylic acid groups (broad SMARTS) is 1. The largest absolute Gasteiger partial charge is 0.493 e. The smallest absolute Gasteiger partial charge is 0.313 e. The maximum absolute atomic E-state index is 12.0. The van der Waals surface area contributed by atoms with E-state index in [9.17, 15) is 9.59 Å². The molecule has 1 rings (SSSR count). The molecule has 22 heavy (non-hydrogen) atoms. The van der Waals surface area contributed by atoms with Crippen molar-refractivity contribution in [3.05, 3.63) is 23.8 Å². The van der Waals surface area contributed by atoms with Gasteiger partial charge in [-0.2, -0.15) is 0 Å². The van der Waals surface area contributed by atoms with Gasteiger partial charge < -0.3 is 19.9 Å². The van der Waals surface area contributed by atoms with Crippen molar-refractivity contribution < 1.29 is 24.2 Å². The van der Waals surface area contributed by atoms with Crippen molar-refractivity contribution in [2.24, 2.45) is 0 Å². The molecule has 0 aromatic heterocycles. The monoisotopic (exact) mass is 327 g/mol. The van der Waals surface area contributed by atoms with Gasteiger partial charge in [0.25, 0.3) is 5.91 Å². The average molecular weight is 327 g/mol. The van der Waals surface area contributed by atoms with Gasteiger partial charge in [0.1, 0.15) is 0 Å². The number of thioether (sulfide) groups is 1. The predicted molar refractivity (Wildman–Crippen MR) is 86.1 cm³/mol. The first kappa shape index (κ1) is 18.2. The predicted octanol–water partition coefficient (Wildman–Crippen LogP) is 2.03. The lowest BCUT2D eigenvalue weighted by atomic mass is 10.2. The fraction of sp³-hybridized carbons (Fsp3) is 0.467. The molecule has 0 aliphatic carbocycles. The molecule has 2 N–H and O–H groups in total. The maximum atomic E-state index is 12.0. The minimum absolute atomic E-state index is 0.0137. The Hall–Kier alpha value is -1.89. The third kappa shape index (κ3) is 6.26. The van der Waals surface area contributed by atoms with Gasteiger partial charge in [0.05, 0.1) is 19.0 Å². The van der Waals surface area contributed by atoms with Crippen molar-refractivity contribution in [1.29, 1.82) is 0 Å². The first-order chi connectivity index (χ1) is 10.4. The fourth-order valence-electron chi connectivity index (χ4n) is 1.66. The number of carboxylic acids is 1. The molecule has 0 saturated heterocycles. The topological polar surface area (TPSA) is 84.9 Å². The van der Waals surface area contributed by atoms with E-state index in [-0.39, 0.29) is 17.8 Å². The van der Waals surface area contributed by atoms with E-state index in [2.05, 4.69) is 5.32 Å². The summed E-state index contributed by atoms with van der Waals surface area (Å²) in [4.78, 5) is 22.4. The van der Waals surface area contributed by atoms with E-state index in [1.54, 1.807) is 18.2 Å². The van der Waals surface area contributed by atoms with Crippen LogP contribution in [0.2, 0.25) is 0 Å². The number of methoxy groups -OCH3 is 1. The Bertz CT molecular complexity index is 519. The van der Waals surface area contributed by atoms with Crippen LogP contribution < -0.4 is 14.8 Å². The van der Waals surface area contributed by atoms with Crippen LogP contribution in [-0.2, 0) is 4.79 Å². The molecule has 0 fully saturated rings. The van der Waals surface area contributed by atoms with Gasteiger partial charge in [-0.05, 0) is 32.0 Å². The molecule has 6 nitrogen and oxygen atoms in total. The van der Waals surface area contributed by atoms with Crippen LogP contribution in [0.3, 0.4) is 0 Å². The first-order valence-electron chi connectivity index (χ1n) is 6.86. The number of hydrogen-bond acceptors (Lipinski definition) is 5. The van der Waals surface area contributed by atoms with Crippen LogP contribution in [0.1, 0.15) is 24.2 Å². The molecule has 0 heterocycles. The number of rotatable bonds is 9. The molecule has 0 saturated carbocycles. The molecule has 0 atom stereocenters. The van der Waals surface area contributed by atoms with Crippen LogP contribution in [0, 0.1) is 0 Å². The van der Waals surface area contributed by atoms with E-state index in [0.717, 1.165) is 0 Å². The second-order valence-electron chi connectivity index (χ2n) is 4.73. The number of aliphatic carboxylic acids is 1. The second-order valence-corrected chi connectivity index (χ2v) is 5.84. The minimum atomic E-state index is -0.859. The Morgan fingerprint density at radius 2 is 2.05 bits per heavy atom. The number of amides is 1. The zero-order chi connectivity index (χ0) is 16.5. The number of hydrogen-bond donors (Lipinski definition) is 2. The number of ether oxygens (including phenoxy) is 2. The van der Waals surface area contributed by atoms with Crippen molar-refractivity contribution >= 4 is 23.6 Å². The molecule has 122 valence electrons. The Morgan fingerprint density at radius 1 is 1.32 bits per heavy atom. The molecule has 1 aromatic rings. The zero-order valence-electron chi connectivity index (χ0n) is 12.9. The van der Waals surface area contributed by atoms with Crippen molar-refractivity contribution in [3.63, 3.8) is 0 Å². The quantitative estimate of drug-likeness (QED) is 0.675. The standard InChI is InChI=1S/C15H21NO5S/c1-10(2)21-12-5-4-11(8-13(12)20-3)15(19)16-6-7-22-9-14(17)18/h4-5,8,10H,6-7,9H2,1-3H3,(H,16,19)(H,17,18). The van der Waals surface area contributed by atoms with E-state index in [0.29, 0.717) is 29.4 Å². The van der Waals surface area contributed by atoms with Gasteiger partial charge in [-0.3, -0.25) is 9.59 Å². The molecule has 7 heteroatoms. The highest BCUT2D eigenvalue weighted by molar-refractivity contribution is 7.99. The van der Waals surface area contributed by atoms with Gasteiger partial charge in [-0.1, -0.05) is 0 Å². The van der Waals surface area contributed by atoms with E-state index in [4.69, 9.17) is 14.6 Å². The van der Waals surface area contributed by atoms with Crippen LogP contribution in [0.25, 0.3) is 0 Å². The van der Waals surface area contributed by atoms with Gasteiger partial charge >= 0.3 is 5.97 Å². The lowest BCUT2D eigenvalue weighted by Crippen LogP contribution is -2.26. The molecule has 0 aliphatic heterocycles. The van der Waals surface area contributed by atoms with Crippen molar-refractivity contribution in [2.45, 2.75) is 20.0 Å². The molecule has 1 amide bonds. The molecule has 0 bridgehead atoms. The minimum Gasteiger partial charge on any atom is -0.493 e. The van der Waals surface area contributed by atoms with Crippen LogP contribution >= 0.6 is 11.8 Å². The highest BCUT2D eigenvalue weighted by Crippen LogP contribution is 2.28. The van der Waals surface area contributed by atoms with Crippen LogP contribution in [0.15, 0.2) is 18.2 Å². The van der Waals surface area contributed by atoms with E-state index < -0.39 is 5.97 Å². The zero-order valence-corrected chi connectivity index (χ0v) is 13.7. The van der Waals surface area contributed by atoms with Crippen molar-refractivity contribution in [2.75, 3.05) is 25.2 Å². The van der Waals surface area contributed by atoms with Gasteiger partial charge in [0.15, 0.2) is 11.5 Å². The Balaban J connectivity index is 2.56. The first-order valence-corrected chi connectivity index (χ1v) is 8.02. The summed E-state index contributed by atoms with van der Waals surface area (Å²) in [6.07, 6.45) is 0.0137. The third-order valence-corrected chi connectivity index (χ3v) is 3.49. The summed E-state index contributed by atoms with van der Waals surface area (Å²) in [7, 11) is 1.52. The summed E-state index contributed by atoms with van der Waals surface area (Å²) in [6, 6.07) is 4.99. The number of benzene rings is 1.